The maximum Gasteiger partial charge on any atom is 0.230 e. The van der Waals surface area contributed by atoms with Gasteiger partial charge in [0.05, 0.1) is 23.3 Å². The number of amides is 1. The third-order valence-corrected chi connectivity index (χ3v) is 7.02. The highest BCUT2D eigenvalue weighted by Crippen LogP contribution is 2.25. The van der Waals surface area contributed by atoms with Crippen LogP contribution in [0.15, 0.2) is 24.3 Å². The number of sulfone groups is 1. The highest BCUT2D eigenvalue weighted by Gasteiger charge is 2.28. The van der Waals surface area contributed by atoms with E-state index >= 15 is 0 Å². The minimum Gasteiger partial charge on any atom is -0.349 e. The summed E-state index contributed by atoms with van der Waals surface area (Å²) in [6, 6.07) is 7.22. The standard InChI is InChI=1S/C14H18ClNO3S2/c1-10(12-4-2-3-5-13(12)15)16-14(17)8-20-11-6-7-21(18,19)9-11/h2-5,10-11H,6-9H2,1H3,(H,16,17). The lowest BCUT2D eigenvalue weighted by molar-refractivity contribution is -0.119. The van der Waals surface area contributed by atoms with Crippen LogP contribution in [0.1, 0.15) is 24.9 Å². The molecule has 1 amide bonds. The molecule has 0 aliphatic carbocycles. The summed E-state index contributed by atoms with van der Waals surface area (Å²) in [5.74, 6) is 0.596. The average Bonchev–Trinajstić information content (AvgIpc) is 2.76. The van der Waals surface area contributed by atoms with E-state index in [1.165, 1.54) is 11.8 Å². The Labute approximate surface area is 134 Å². The molecule has 0 bridgehead atoms. The first-order valence-electron chi connectivity index (χ1n) is 6.73. The zero-order valence-electron chi connectivity index (χ0n) is 11.7. The van der Waals surface area contributed by atoms with E-state index in [1.54, 1.807) is 6.07 Å². The summed E-state index contributed by atoms with van der Waals surface area (Å²) in [6.45, 7) is 1.88. The van der Waals surface area contributed by atoms with Crippen molar-refractivity contribution in [3.8, 4) is 0 Å². The molecule has 7 heteroatoms. The largest absolute Gasteiger partial charge is 0.349 e. The molecular weight excluding hydrogens is 330 g/mol. The molecule has 2 rings (SSSR count). The smallest absolute Gasteiger partial charge is 0.230 e. The Morgan fingerprint density at radius 3 is 2.81 bits per heavy atom. The molecule has 116 valence electrons. The Bertz CT molecular complexity index is 618. The van der Waals surface area contributed by atoms with Crippen molar-refractivity contribution in [2.24, 2.45) is 0 Å². The van der Waals surface area contributed by atoms with Crippen molar-refractivity contribution in [1.29, 1.82) is 0 Å². The van der Waals surface area contributed by atoms with Gasteiger partial charge in [-0.3, -0.25) is 4.79 Å². The Morgan fingerprint density at radius 1 is 1.48 bits per heavy atom. The predicted molar refractivity (Wildman–Crippen MR) is 87.5 cm³/mol. The summed E-state index contributed by atoms with van der Waals surface area (Å²) >= 11 is 7.50. The van der Waals surface area contributed by atoms with Gasteiger partial charge < -0.3 is 5.32 Å². The molecule has 2 unspecified atom stereocenters. The topological polar surface area (TPSA) is 63.2 Å². The van der Waals surface area contributed by atoms with Gasteiger partial charge in [0.2, 0.25) is 5.91 Å². The fourth-order valence-corrected chi connectivity index (χ4v) is 6.03. The molecule has 0 radical (unpaired) electrons. The molecule has 1 saturated heterocycles. The molecule has 1 N–H and O–H groups in total. The van der Waals surface area contributed by atoms with Gasteiger partial charge in [-0.15, -0.1) is 11.8 Å². The number of thioether (sulfide) groups is 1. The SMILES string of the molecule is CC(NC(=O)CSC1CCS(=O)(=O)C1)c1ccccc1Cl. The molecule has 0 aromatic heterocycles. The monoisotopic (exact) mass is 347 g/mol. The van der Waals surface area contributed by atoms with Crippen molar-refractivity contribution in [3.05, 3.63) is 34.9 Å². The summed E-state index contributed by atoms with van der Waals surface area (Å²) in [6.07, 6.45) is 0.639. The predicted octanol–water partition coefficient (Wildman–Crippen LogP) is 2.44. The number of halogens is 1. The minimum atomic E-state index is -2.89. The van der Waals surface area contributed by atoms with Crippen molar-refractivity contribution in [1.82, 2.24) is 5.32 Å². The van der Waals surface area contributed by atoms with Gasteiger partial charge in [0.25, 0.3) is 0 Å². The lowest BCUT2D eigenvalue weighted by Gasteiger charge is -2.16. The van der Waals surface area contributed by atoms with E-state index in [2.05, 4.69) is 5.32 Å². The molecule has 1 fully saturated rings. The first-order valence-corrected chi connectivity index (χ1v) is 9.98. The third-order valence-electron chi connectivity index (χ3n) is 3.39. The Hall–Kier alpha value is -0.720. The molecule has 1 aromatic rings. The van der Waals surface area contributed by atoms with Crippen molar-refractivity contribution < 1.29 is 13.2 Å². The van der Waals surface area contributed by atoms with Crippen LogP contribution in [0.2, 0.25) is 5.02 Å². The van der Waals surface area contributed by atoms with Gasteiger partial charge >= 0.3 is 0 Å². The molecule has 1 aromatic carbocycles. The number of rotatable bonds is 5. The molecule has 0 saturated carbocycles. The van der Waals surface area contributed by atoms with Crippen molar-refractivity contribution in [3.63, 3.8) is 0 Å². The van der Waals surface area contributed by atoms with Gasteiger partial charge in [-0.05, 0) is 25.0 Å². The van der Waals surface area contributed by atoms with Crippen molar-refractivity contribution in [2.45, 2.75) is 24.6 Å². The second kappa shape index (κ2) is 7.03. The van der Waals surface area contributed by atoms with E-state index in [-0.39, 0.29) is 34.5 Å². The summed E-state index contributed by atoms with van der Waals surface area (Å²) in [5, 5.41) is 3.55. The number of hydrogen-bond donors (Lipinski definition) is 1. The second-order valence-electron chi connectivity index (χ2n) is 5.15. The van der Waals surface area contributed by atoms with E-state index in [4.69, 9.17) is 11.6 Å². The number of carbonyl (C=O) groups is 1. The molecule has 1 aliphatic heterocycles. The fraction of sp³-hybridized carbons (Fsp3) is 0.500. The lowest BCUT2D eigenvalue weighted by Crippen LogP contribution is -2.29. The van der Waals surface area contributed by atoms with E-state index in [1.807, 2.05) is 25.1 Å². The molecule has 1 aliphatic rings. The second-order valence-corrected chi connectivity index (χ2v) is 9.07. The normalized spacial score (nSPS) is 21.9. The number of hydrogen-bond acceptors (Lipinski definition) is 4. The Morgan fingerprint density at radius 2 is 2.19 bits per heavy atom. The van der Waals surface area contributed by atoms with Crippen LogP contribution < -0.4 is 5.32 Å². The summed E-state index contributed by atoms with van der Waals surface area (Å²) < 4.78 is 22.7. The number of carbonyl (C=O) groups excluding carboxylic acids is 1. The van der Waals surface area contributed by atoms with E-state index in [9.17, 15) is 13.2 Å². The van der Waals surface area contributed by atoms with E-state index < -0.39 is 9.84 Å². The summed E-state index contributed by atoms with van der Waals surface area (Å²) in [4.78, 5) is 11.9. The van der Waals surface area contributed by atoms with Crippen molar-refractivity contribution in [2.75, 3.05) is 17.3 Å². The van der Waals surface area contributed by atoms with Crippen molar-refractivity contribution >= 4 is 39.1 Å². The van der Waals surface area contributed by atoms with E-state index in [0.717, 1.165) is 5.56 Å². The molecular formula is C14H18ClNO3S2. The molecule has 0 spiro atoms. The van der Waals surface area contributed by atoms with Crippen LogP contribution in [0.5, 0.6) is 0 Å². The molecule has 21 heavy (non-hydrogen) atoms. The lowest BCUT2D eigenvalue weighted by atomic mass is 10.1. The van der Waals surface area contributed by atoms with Crippen LogP contribution in [-0.4, -0.2) is 36.8 Å². The third kappa shape index (κ3) is 4.90. The molecule has 1 heterocycles. The summed E-state index contributed by atoms with van der Waals surface area (Å²) in [7, 11) is -2.89. The summed E-state index contributed by atoms with van der Waals surface area (Å²) in [5.41, 5.74) is 0.876. The Balaban J connectivity index is 1.81. The number of nitrogens with one attached hydrogen (secondary N) is 1. The Kier molecular flexibility index (Phi) is 5.57. The maximum absolute atomic E-state index is 11.9. The molecule has 4 nitrogen and oxygen atoms in total. The maximum atomic E-state index is 11.9. The van der Waals surface area contributed by atoms with Crippen LogP contribution in [0.25, 0.3) is 0 Å². The zero-order chi connectivity index (χ0) is 15.5. The average molecular weight is 348 g/mol. The molecule has 2 atom stereocenters. The number of benzene rings is 1. The van der Waals surface area contributed by atoms with Crippen LogP contribution in [0.3, 0.4) is 0 Å². The highest BCUT2D eigenvalue weighted by atomic mass is 35.5. The van der Waals surface area contributed by atoms with Crippen LogP contribution in [0, 0.1) is 0 Å². The van der Waals surface area contributed by atoms with Gasteiger partial charge in [0, 0.05) is 10.3 Å². The fourth-order valence-electron chi connectivity index (χ4n) is 2.27. The van der Waals surface area contributed by atoms with Gasteiger partial charge in [-0.1, -0.05) is 29.8 Å². The van der Waals surface area contributed by atoms with Gasteiger partial charge in [0.15, 0.2) is 9.84 Å². The van der Waals surface area contributed by atoms with Crippen LogP contribution >= 0.6 is 23.4 Å². The quantitative estimate of drug-likeness (QED) is 0.888. The first-order chi connectivity index (χ1) is 9.87. The highest BCUT2D eigenvalue weighted by molar-refractivity contribution is 8.02. The zero-order valence-corrected chi connectivity index (χ0v) is 14.1. The van der Waals surface area contributed by atoms with Crippen LogP contribution in [-0.2, 0) is 14.6 Å². The van der Waals surface area contributed by atoms with Gasteiger partial charge in [0.1, 0.15) is 0 Å². The van der Waals surface area contributed by atoms with Gasteiger partial charge in [-0.25, -0.2) is 8.42 Å². The van der Waals surface area contributed by atoms with Crippen LogP contribution in [0.4, 0.5) is 0 Å². The minimum absolute atomic E-state index is 0.0383. The van der Waals surface area contributed by atoms with E-state index in [0.29, 0.717) is 11.4 Å². The first kappa shape index (κ1) is 16.6. The van der Waals surface area contributed by atoms with Gasteiger partial charge in [-0.2, -0.15) is 0 Å².